The van der Waals surface area contributed by atoms with Gasteiger partial charge in [-0.25, -0.2) is 4.39 Å². The number of fused-ring (bicyclic) bond motifs is 1. The molecule has 0 amide bonds. The highest BCUT2D eigenvalue weighted by molar-refractivity contribution is 6.31. The topological polar surface area (TPSA) is 20.3 Å². The maximum absolute atomic E-state index is 13.3. The summed E-state index contributed by atoms with van der Waals surface area (Å²) in [6, 6.07) is 11.9. The van der Waals surface area contributed by atoms with Crippen LogP contribution in [0.3, 0.4) is 0 Å². The molecule has 0 atom stereocenters. The molecule has 3 rings (SSSR count). The molecule has 0 saturated carbocycles. The Kier molecular flexibility index (Phi) is 3.45. The monoisotopic (exact) mass is 289 g/mol. The first-order chi connectivity index (χ1) is 9.65. The van der Waals surface area contributed by atoms with E-state index in [1.807, 2.05) is 24.3 Å². The second-order valence-electron chi connectivity index (χ2n) is 4.85. The van der Waals surface area contributed by atoms with E-state index < -0.39 is 0 Å². The van der Waals surface area contributed by atoms with E-state index in [9.17, 15) is 9.18 Å². The second-order valence-corrected chi connectivity index (χ2v) is 5.25. The first-order valence-electron chi connectivity index (χ1n) is 6.46. The average Bonchev–Trinajstić information content (AvgIpc) is 2.46. The molecule has 4 heteroatoms. The molecule has 0 radical (unpaired) electrons. The molecule has 0 saturated heterocycles. The van der Waals surface area contributed by atoms with Gasteiger partial charge in [0.15, 0.2) is 5.78 Å². The molecule has 0 N–H and O–H groups in total. The van der Waals surface area contributed by atoms with Crippen LogP contribution in [0.1, 0.15) is 22.3 Å². The van der Waals surface area contributed by atoms with Crippen LogP contribution >= 0.6 is 11.6 Å². The van der Waals surface area contributed by atoms with Gasteiger partial charge in [-0.2, -0.15) is 0 Å². The minimum absolute atomic E-state index is 0.155. The summed E-state index contributed by atoms with van der Waals surface area (Å²) >= 11 is 6.11. The van der Waals surface area contributed by atoms with Gasteiger partial charge in [-0.1, -0.05) is 23.7 Å². The number of nitrogens with zero attached hydrogens (tertiary/aromatic N) is 1. The van der Waals surface area contributed by atoms with Gasteiger partial charge in [0.1, 0.15) is 5.82 Å². The number of anilines is 1. The third-order valence-electron chi connectivity index (χ3n) is 3.52. The van der Waals surface area contributed by atoms with Gasteiger partial charge in [-0.3, -0.25) is 4.79 Å². The van der Waals surface area contributed by atoms with Crippen molar-refractivity contribution in [2.45, 2.75) is 13.0 Å². The summed E-state index contributed by atoms with van der Waals surface area (Å²) in [5.74, 6) is -0.145. The highest BCUT2D eigenvalue weighted by Gasteiger charge is 2.23. The van der Waals surface area contributed by atoms with Crippen LogP contribution in [0.5, 0.6) is 0 Å². The molecule has 0 spiro atoms. The molecular weight excluding hydrogens is 277 g/mol. The fraction of sp³-hybridized carbons (Fsp3) is 0.188. The minimum atomic E-state index is -0.300. The molecule has 0 aliphatic carbocycles. The number of hydrogen-bond donors (Lipinski definition) is 0. The maximum atomic E-state index is 13.3. The third kappa shape index (κ3) is 2.41. The first kappa shape index (κ1) is 13.1. The summed E-state index contributed by atoms with van der Waals surface area (Å²) in [6.45, 7) is 1.13. The van der Waals surface area contributed by atoms with E-state index in [-0.39, 0.29) is 11.6 Å². The molecule has 2 aromatic rings. The summed E-state index contributed by atoms with van der Waals surface area (Å²) in [6.07, 6.45) is 0.476. The Bertz CT molecular complexity index is 671. The van der Waals surface area contributed by atoms with E-state index in [4.69, 9.17) is 11.6 Å². The van der Waals surface area contributed by atoms with Gasteiger partial charge >= 0.3 is 0 Å². The number of carbonyl (C=O) groups excluding carboxylic acids is 1. The van der Waals surface area contributed by atoms with Crippen molar-refractivity contribution in [3.63, 3.8) is 0 Å². The summed E-state index contributed by atoms with van der Waals surface area (Å²) in [5.41, 5.74) is 2.35. The molecule has 0 unspecified atom stereocenters. The molecular formula is C16H13ClFNO. The number of para-hydroxylation sites is 1. The maximum Gasteiger partial charge on any atom is 0.166 e. The highest BCUT2D eigenvalue weighted by atomic mass is 35.5. The van der Waals surface area contributed by atoms with Crippen molar-refractivity contribution < 1.29 is 9.18 Å². The Morgan fingerprint density at radius 3 is 2.85 bits per heavy atom. The first-order valence-corrected chi connectivity index (χ1v) is 6.84. The number of halogens is 2. The van der Waals surface area contributed by atoms with Gasteiger partial charge in [0.05, 0.1) is 0 Å². The average molecular weight is 290 g/mol. The highest BCUT2D eigenvalue weighted by Crippen LogP contribution is 2.29. The standard InChI is InChI=1S/C16H13ClFNO/c17-14-6-5-12(18)9-11(14)10-19-8-7-16(20)13-3-1-2-4-15(13)19/h1-6,9H,7-8,10H2. The quantitative estimate of drug-likeness (QED) is 0.830. The molecule has 1 heterocycles. The second kappa shape index (κ2) is 5.25. The van der Waals surface area contributed by atoms with Crippen LogP contribution in [-0.4, -0.2) is 12.3 Å². The number of Topliss-reactive ketones (excluding diaryl/α,β-unsaturated/α-hetero) is 1. The molecule has 2 nitrogen and oxygen atoms in total. The van der Waals surface area contributed by atoms with Gasteiger partial charge in [-0.05, 0) is 35.9 Å². The zero-order valence-electron chi connectivity index (χ0n) is 10.8. The van der Waals surface area contributed by atoms with Crippen molar-refractivity contribution >= 4 is 23.1 Å². The molecule has 0 fully saturated rings. The van der Waals surface area contributed by atoms with Crippen molar-refractivity contribution in [1.82, 2.24) is 0 Å². The third-order valence-corrected chi connectivity index (χ3v) is 3.89. The van der Waals surface area contributed by atoms with Crippen LogP contribution in [0, 0.1) is 5.82 Å². The van der Waals surface area contributed by atoms with Crippen LogP contribution in [-0.2, 0) is 6.54 Å². The van der Waals surface area contributed by atoms with E-state index in [0.29, 0.717) is 24.5 Å². The van der Waals surface area contributed by atoms with Crippen LogP contribution < -0.4 is 4.90 Å². The molecule has 102 valence electrons. The summed E-state index contributed by atoms with van der Waals surface area (Å²) in [4.78, 5) is 14.0. The Balaban J connectivity index is 1.94. The zero-order valence-corrected chi connectivity index (χ0v) is 11.5. The van der Waals surface area contributed by atoms with Gasteiger partial charge in [0.2, 0.25) is 0 Å². The normalized spacial score (nSPS) is 14.3. The predicted molar refractivity (Wildman–Crippen MR) is 77.8 cm³/mol. The largest absolute Gasteiger partial charge is 0.366 e. The van der Waals surface area contributed by atoms with E-state index in [0.717, 1.165) is 16.8 Å². The van der Waals surface area contributed by atoms with Crippen molar-refractivity contribution in [3.05, 3.63) is 64.4 Å². The Morgan fingerprint density at radius 2 is 2.00 bits per heavy atom. The Morgan fingerprint density at radius 1 is 1.20 bits per heavy atom. The molecule has 0 bridgehead atoms. The number of carbonyl (C=O) groups is 1. The number of benzene rings is 2. The molecule has 0 aromatic heterocycles. The fourth-order valence-electron chi connectivity index (χ4n) is 2.51. The number of hydrogen-bond acceptors (Lipinski definition) is 2. The van der Waals surface area contributed by atoms with Crippen LogP contribution in [0.2, 0.25) is 5.02 Å². The van der Waals surface area contributed by atoms with E-state index >= 15 is 0 Å². The lowest BCUT2D eigenvalue weighted by Crippen LogP contribution is -2.31. The van der Waals surface area contributed by atoms with Gasteiger partial charge in [0, 0.05) is 35.8 Å². The van der Waals surface area contributed by atoms with Gasteiger partial charge < -0.3 is 4.90 Å². The van der Waals surface area contributed by atoms with Gasteiger partial charge in [-0.15, -0.1) is 0 Å². The molecule has 20 heavy (non-hydrogen) atoms. The van der Waals surface area contributed by atoms with Crippen LogP contribution in [0.15, 0.2) is 42.5 Å². The summed E-state index contributed by atoms with van der Waals surface area (Å²) in [5, 5.41) is 0.542. The minimum Gasteiger partial charge on any atom is -0.366 e. The summed E-state index contributed by atoms with van der Waals surface area (Å²) in [7, 11) is 0. The van der Waals surface area contributed by atoms with Crippen molar-refractivity contribution in [1.29, 1.82) is 0 Å². The van der Waals surface area contributed by atoms with Crippen molar-refractivity contribution in [2.75, 3.05) is 11.4 Å². The molecule has 2 aromatic carbocycles. The SMILES string of the molecule is O=C1CCN(Cc2cc(F)ccc2Cl)c2ccccc21. The molecule has 1 aliphatic heterocycles. The lowest BCUT2D eigenvalue weighted by molar-refractivity contribution is 0.0979. The fourth-order valence-corrected chi connectivity index (χ4v) is 2.69. The zero-order chi connectivity index (χ0) is 14.1. The van der Waals surface area contributed by atoms with Gasteiger partial charge in [0.25, 0.3) is 0 Å². The number of ketones is 1. The van der Waals surface area contributed by atoms with E-state index in [2.05, 4.69) is 4.90 Å². The van der Waals surface area contributed by atoms with E-state index in [1.54, 1.807) is 6.07 Å². The lowest BCUT2D eigenvalue weighted by Gasteiger charge is -2.30. The Labute approximate surface area is 121 Å². The van der Waals surface area contributed by atoms with Crippen LogP contribution in [0.25, 0.3) is 0 Å². The summed E-state index contributed by atoms with van der Waals surface area (Å²) < 4.78 is 13.3. The smallest absolute Gasteiger partial charge is 0.166 e. The lowest BCUT2D eigenvalue weighted by atomic mass is 10.00. The van der Waals surface area contributed by atoms with Crippen LogP contribution in [0.4, 0.5) is 10.1 Å². The Hall–Kier alpha value is -1.87. The number of rotatable bonds is 2. The van der Waals surface area contributed by atoms with E-state index in [1.165, 1.54) is 12.1 Å². The van der Waals surface area contributed by atoms with Crippen molar-refractivity contribution in [2.24, 2.45) is 0 Å². The predicted octanol–water partition coefficient (Wildman–Crippen LogP) is 4.07. The van der Waals surface area contributed by atoms with Crippen molar-refractivity contribution in [3.8, 4) is 0 Å². The molecule has 1 aliphatic rings.